The fourth-order valence-electron chi connectivity index (χ4n) is 5.59. The molecule has 0 radical (unpaired) electrons. The fourth-order valence-corrected chi connectivity index (χ4v) is 5.59. The first-order chi connectivity index (χ1) is 19.6. The number of carbonyl (C=O) groups is 2. The van der Waals surface area contributed by atoms with Gasteiger partial charge in [-0.15, -0.1) is 0 Å². The maximum atomic E-state index is 14.0. The largest absolute Gasteiger partial charge is 0.438 e. The number of hydrogen-bond acceptors (Lipinski definition) is 6. The zero-order valence-corrected chi connectivity index (χ0v) is 22.7. The lowest BCUT2D eigenvalue weighted by atomic mass is 9.82. The minimum absolute atomic E-state index is 0.0552. The minimum atomic E-state index is -2.76. The highest BCUT2D eigenvalue weighted by molar-refractivity contribution is 5.92. The normalized spacial score (nSPS) is 20.9. The average molecular weight is 581 g/mol. The van der Waals surface area contributed by atoms with Crippen molar-refractivity contribution in [1.29, 1.82) is 0 Å². The van der Waals surface area contributed by atoms with Crippen LogP contribution in [0, 0.1) is 5.92 Å². The highest BCUT2D eigenvalue weighted by Gasteiger charge is 2.41. The second-order valence-electron chi connectivity index (χ2n) is 10.5. The van der Waals surface area contributed by atoms with Crippen LogP contribution in [0.15, 0.2) is 34.9 Å². The van der Waals surface area contributed by atoms with Crippen LogP contribution in [0.4, 0.5) is 22.4 Å². The molecule has 0 bridgehead atoms. The summed E-state index contributed by atoms with van der Waals surface area (Å²) in [6.45, 7) is 2.18. The molecule has 0 spiro atoms. The van der Waals surface area contributed by atoms with E-state index in [2.05, 4.69) is 20.7 Å². The van der Waals surface area contributed by atoms with E-state index in [0.29, 0.717) is 28.9 Å². The summed E-state index contributed by atoms with van der Waals surface area (Å²) in [4.78, 5) is 31.6. The maximum absolute atomic E-state index is 14.0. The predicted octanol–water partition coefficient (Wildman–Crippen LogP) is 4.69. The Kier molecular flexibility index (Phi) is 8.20. The van der Waals surface area contributed by atoms with Crippen molar-refractivity contribution in [1.82, 2.24) is 30.3 Å². The highest BCUT2D eigenvalue weighted by Crippen LogP contribution is 2.42. The van der Waals surface area contributed by atoms with Crippen molar-refractivity contribution in [2.75, 3.05) is 20.3 Å². The Hall–Kier alpha value is -3.68. The van der Waals surface area contributed by atoms with Crippen LogP contribution in [-0.4, -0.2) is 70.3 Å². The summed E-state index contributed by atoms with van der Waals surface area (Å²) in [5, 5.41) is 9.36. The number of oxazole rings is 1. The molecule has 3 heterocycles. The summed E-state index contributed by atoms with van der Waals surface area (Å²) in [5.74, 6) is -3.36. The van der Waals surface area contributed by atoms with Gasteiger partial charge in [0.05, 0.1) is 12.6 Å². The first-order valence-corrected chi connectivity index (χ1v) is 13.5. The van der Waals surface area contributed by atoms with Crippen LogP contribution in [0.1, 0.15) is 66.6 Å². The third-order valence-corrected chi connectivity index (χ3v) is 7.82. The number of carbonyl (C=O) groups excluding carboxylic acids is 2. The van der Waals surface area contributed by atoms with Gasteiger partial charge in [0.2, 0.25) is 11.8 Å². The molecule has 2 fully saturated rings. The number of fused-ring (bicyclic) bond motifs is 1. The SMILES string of the molecule is CCn1nccc1C(=O)N[C@H](c1nc2cc([C@@H](COC)N3C[C@@H](C(F)F)NC3=O)ccc2o1)C1CCC(F)(F)CC1. The summed E-state index contributed by atoms with van der Waals surface area (Å²) in [6.07, 6.45) is -1.48. The van der Waals surface area contributed by atoms with Crippen LogP contribution < -0.4 is 10.6 Å². The molecule has 2 N–H and O–H groups in total. The first-order valence-electron chi connectivity index (χ1n) is 13.5. The number of urea groups is 1. The molecule has 2 aliphatic rings. The Balaban J connectivity index is 1.45. The van der Waals surface area contributed by atoms with Gasteiger partial charge in [-0.25, -0.2) is 27.3 Å². The molecule has 1 saturated heterocycles. The number of aromatic nitrogens is 3. The third-order valence-electron chi connectivity index (χ3n) is 7.82. The number of hydrogen-bond donors (Lipinski definition) is 2. The van der Waals surface area contributed by atoms with Gasteiger partial charge in [0.25, 0.3) is 12.3 Å². The van der Waals surface area contributed by atoms with E-state index in [1.165, 1.54) is 22.9 Å². The molecule has 10 nitrogen and oxygen atoms in total. The van der Waals surface area contributed by atoms with Gasteiger partial charge in [0.1, 0.15) is 23.3 Å². The Morgan fingerprint density at radius 1 is 1.27 bits per heavy atom. The summed E-state index contributed by atoms with van der Waals surface area (Å²) >= 11 is 0. The molecule has 1 aliphatic carbocycles. The first kappa shape index (κ1) is 28.8. The van der Waals surface area contributed by atoms with Crippen molar-refractivity contribution in [3.05, 3.63) is 47.6 Å². The predicted molar refractivity (Wildman–Crippen MR) is 139 cm³/mol. The van der Waals surface area contributed by atoms with Gasteiger partial charge in [0, 0.05) is 39.2 Å². The lowest BCUT2D eigenvalue weighted by Crippen LogP contribution is -2.38. The van der Waals surface area contributed by atoms with Gasteiger partial charge < -0.3 is 24.7 Å². The lowest BCUT2D eigenvalue weighted by molar-refractivity contribution is -0.0503. The highest BCUT2D eigenvalue weighted by atomic mass is 19.3. The van der Waals surface area contributed by atoms with E-state index >= 15 is 0 Å². The number of ether oxygens (including phenoxy) is 1. The quantitative estimate of drug-likeness (QED) is 0.337. The van der Waals surface area contributed by atoms with E-state index in [0.717, 1.165) is 0 Å². The maximum Gasteiger partial charge on any atom is 0.318 e. The molecule has 3 aromatic rings. The Bertz CT molecular complexity index is 1390. The molecule has 14 heteroatoms. The van der Waals surface area contributed by atoms with Gasteiger partial charge in [-0.2, -0.15) is 5.10 Å². The second kappa shape index (κ2) is 11.7. The number of nitrogens with zero attached hydrogens (tertiary/aromatic N) is 4. The van der Waals surface area contributed by atoms with Crippen molar-refractivity contribution < 1.29 is 36.3 Å². The lowest BCUT2D eigenvalue weighted by Gasteiger charge is -2.32. The molecular weight excluding hydrogens is 548 g/mol. The molecule has 2 aromatic heterocycles. The van der Waals surface area contributed by atoms with E-state index in [4.69, 9.17) is 9.15 Å². The molecule has 3 amide bonds. The van der Waals surface area contributed by atoms with Crippen LogP contribution >= 0.6 is 0 Å². The average Bonchev–Trinajstić information content (AvgIpc) is 3.68. The molecular formula is C27H32F4N6O4. The monoisotopic (exact) mass is 580 g/mol. The fraction of sp³-hybridized carbons (Fsp3) is 0.556. The second-order valence-corrected chi connectivity index (χ2v) is 10.5. The van der Waals surface area contributed by atoms with Crippen LogP contribution in [0.2, 0.25) is 0 Å². The topological polar surface area (TPSA) is 115 Å². The van der Waals surface area contributed by atoms with Gasteiger partial charge in [-0.1, -0.05) is 6.07 Å². The van der Waals surface area contributed by atoms with Gasteiger partial charge >= 0.3 is 6.03 Å². The van der Waals surface area contributed by atoms with Crippen molar-refractivity contribution >= 4 is 23.0 Å². The van der Waals surface area contributed by atoms with Gasteiger partial charge in [-0.3, -0.25) is 9.48 Å². The van der Waals surface area contributed by atoms with Crippen LogP contribution in [0.3, 0.4) is 0 Å². The number of aryl methyl sites for hydroxylation is 1. The van der Waals surface area contributed by atoms with E-state index < -0.39 is 42.4 Å². The van der Waals surface area contributed by atoms with E-state index in [9.17, 15) is 27.2 Å². The Labute approximate surface area is 233 Å². The molecule has 3 atom stereocenters. The molecule has 1 aromatic carbocycles. The number of alkyl halides is 4. The minimum Gasteiger partial charge on any atom is -0.438 e. The Morgan fingerprint density at radius 2 is 2.02 bits per heavy atom. The zero-order valence-electron chi connectivity index (χ0n) is 22.7. The number of halogens is 4. The van der Waals surface area contributed by atoms with Crippen molar-refractivity contribution in [2.24, 2.45) is 5.92 Å². The van der Waals surface area contributed by atoms with Gasteiger partial charge in [0.15, 0.2) is 5.58 Å². The summed E-state index contributed by atoms with van der Waals surface area (Å²) < 4.78 is 67.4. The van der Waals surface area contributed by atoms with Crippen molar-refractivity contribution in [3.63, 3.8) is 0 Å². The number of nitrogens with one attached hydrogen (secondary N) is 2. The summed E-state index contributed by atoms with van der Waals surface area (Å²) in [5.41, 5.74) is 1.71. The number of methoxy groups -OCH3 is 1. The van der Waals surface area contributed by atoms with Crippen LogP contribution in [0.5, 0.6) is 0 Å². The van der Waals surface area contributed by atoms with E-state index in [1.54, 1.807) is 24.3 Å². The van der Waals surface area contributed by atoms with Gasteiger partial charge in [-0.05, 0) is 49.4 Å². The number of rotatable bonds is 10. The van der Waals surface area contributed by atoms with E-state index in [1.807, 2.05) is 6.92 Å². The van der Waals surface area contributed by atoms with E-state index in [-0.39, 0.29) is 50.6 Å². The number of amides is 3. The molecule has 41 heavy (non-hydrogen) atoms. The molecule has 1 aliphatic heterocycles. The summed E-state index contributed by atoms with van der Waals surface area (Å²) in [6, 6.07) is 3.23. The standard InChI is InChI=1S/C27H32F4N6O4/c1-3-37-19(8-11-32-37)24(38)35-22(15-6-9-27(30,31)10-7-15)25-33-17-12-16(4-5-21(17)41-25)20(14-40-2)36-13-18(23(28)29)34-26(36)39/h4-5,8,11-12,15,18,20,22-23H,3,6-7,9-10,13-14H2,1-2H3,(H,34,39)(H,35,38)/t18-,20+,22-/m0/s1. The molecule has 5 rings (SSSR count). The van der Waals surface area contributed by atoms with Crippen molar-refractivity contribution in [3.8, 4) is 0 Å². The summed E-state index contributed by atoms with van der Waals surface area (Å²) in [7, 11) is 1.45. The number of benzene rings is 1. The van der Waals surface area contributed by atoms with Crippen LogP contribution in [0.25, 0.3) is 11.1 Å². The third kappa shape index (κ3) is 6.02. The Morgan fingerprint density at radius 3 is 2.68 bits per heavy atom. The zero-order chi connectivity index (χ0) is 29.3. The molecule has 0 unspecified atom stereocenters. The van der Waals surface area contributed by atoms with Crippen molar-refractivity contribution in [2.45, 2.75) is 69.6 Å². The van der Waals surface area contributed by atoms with Crippen LogP contribution in [-0.2, 0) is 11.3 Å². The smallest absolute Gasteiger partial charge is 0.318 e. The molecule has 1 saturated carbocycles. The molecule has 222 valence electrons.